The van der Waals surface area contributed by atoms with Gasteiger partial charge in [0, 0.05) is 17.3 Å². The Morgan fingerprint density at radius 2 is 1.94 bits per heavy atom. The third-order valence-corrected chi connectivity index (χ3v) is 4.45. The van der Waals surface area contributed by atoms with Crippen LogP contribution in [0.2, 0.25) is 0 Å². The molecule has 0 saturated heterocycles. The van der Waals surface area contributed by atoms with Gasteiger partial charge in [-0.1, -0.05) is 12.1 Å². The van der Waals surface area contributed by atoms with Crippen LogP contribution >= 0.6 is 0 Å². The molecule has 1 amide bonds. The second kappa shape index (κ2) is 8.67. The van der Waals surface area contributed by atoms with Gasteiger partial charge in [0.1, 0.15) is 12.4 Å². The molecule has 8 nitrogen and oxygen atoms in total. The maximum absolute atomic E-state index is 14.2. The van der Waals surface area contributed by atoms with Crippen molar-refractivity contribution >= 4 is 5.91 Å². The van der Waals surface area contributed by atoms with Gasteiger partial charge in [-0.15, -0.1) is 10.0 Å². The number of rotatable bonds is 6. The average molecular weight is 451 g/mol. The Morgan fingerprint density at radius 3 is 2.53 bits per heavy atom. The predicted octanol–water partition coefficient (Wildman–Crippen LogP) is 3.18. The minimum atomic E-state index is -5.60. The Morgan fingerprint density at radius 1 is 1.19 bits per heavy atom. The number of carbonyl (C=O) groups is 1. The van der Waals surface area contributed by atoms with Gasteiger partial charge in [0.25, 0.3) is 5.91 Å². The molecule has 0 saturated carbocycles. The van der Waals surface area contributed by atoms with Crippen LogP contribution in [0.3, 0.4) is 0 Å². The molecule has 2 heterocycles. The largest absolute Gasteiger partial charge is 0.443 e. The number of carbonyl (C=O) groups excluding carboxylic acids is 1. The van der Waals surface area contributed by atoms with E-state index >= 15 is 0 Å². The van der Waals surface area contributed by atoms with Gasteiger partial charge in [-0.05, 0) is 31.2 Å². The molecule has 2 N–H and O–H groups in total. The summed E-state index contributed by atoms with van der Waals surface area (Å²) >= 11 is 0. The summed E-state index contributed by atoms with van der Waals surface area (Å²) in [5, 5.41) is 15.4. The second-order valence-electron chi connectivity index (χ2n) is 6.57. The molecule has 1 aromatic carbocycles. The standard InChI is InChI=1S/C19H14F5N7O/c1-11(16-27-10-28-31(16)15-6-5-12(8-25)9-26-15)29-17(32)13-3-2-4-14(7-13)18(20,30-24)19(21,22)23/h2-7,9-11,30H,1H3,(H,29,32). The van der Waals surface area contributed by atoms with Gasteiger partial charge in [-0.25, -0.2) is 14.4 Å². The van der Waals surface area contributed by atoms with Gasteiger partial charge in [0.2, 0.25) is 0 Å². The average Bonchev–Trinajstić information content (AvgIpc) is 3.28. The molecule has 0 aliphatic heterocycles. The van der Waals surface area contributed by atoms with E-state index in [0.717, 1.165) is 12.1 Å². The van der Waals surface area contributed by atoms with Gasteiger partial charge < -0.3 is 5.32 Å². The summed E-state index contributed by atoms with van der Waals surface area (Å²) in [7, 11) is 0. The van der Waals surface area contributed by atoms with Gasteiger partial charge in [0.15, 0.2) is 11.6 Å². The minimum Gasteiger partial charge on any atom is -0.342 e. The Hall–Kier alpha value is -3.92. The third-order valence-electron chi connectivity index (χ3n) is 4.45. The van der Waals surface area contributed by atoms with E-state index < -0.39 is 29.5 Å². The molecule has 2 unspecified atom stereocenters. The van der Waals surface area contributed by atoms with E-state index in [0.29, 0.717) is 23.5 Å². The number of nitrogens with zero attached hydrogens (tertiary/aromatic N) is 5. The van der Waals surface area contributed by atoms with Crippen LogP contribution in [0.5, 0.6) is 0 Å². The van der Waals surface area contributed by atoms with E-state index in [1.165, 1.54) is 36.3 Å². The van der Waals surface area contributed by atoms with Crippen molar-refractivity contribution in [1.29, 1.82) is 5.26 Å². The fourth-order valence-corrected chi connectivity index (χ4v) is 2.79. The lowest BCUT2D eigenvalue weighted by atomic mass is 10.0. The summed E-state index contributed by atoms with van der Waals surface area (Å²) in [5.41, 5.74) is -1.01. The number of nitriles is 1. The Balaban J connectivity index is 1.83. The molecule has 0 fully saturated rings. The zero-order valence-corrected chi connectivity index (χ0v) is 16.2. The zero-order valence-electron chi connectivity index (χ0n) is 16.2. The number of nitrogens with one attached hydrogen (secondary N) is 2. The van der Waals surface area contributed by atoms with E-state index in [4.69, 9.17) is 5.26 Å². The van der Waals surface area contributed by atoms with Crippen molar-refractivity contribution in [2.75, 3.05) is 0 Å². The predicted molar refractivity (Wildman–Crippen MR) is 99.3 cm³/mol. The van der Waals surface area contributed by atoms with Crippen LogP contribution in [0.15, 0.2) is 48.9 Å². The highest BCUT2D eigenvalue weighted by atomic mass is 19.4. The van der Waals surface area contributed by atoms with E-state index in [1.54, 1.807) is 0 Å². The van der Waals surface area contributed by atoms with Crippen molar-refractivity contribution in [1.82, 2.24) is 30.6 Å². The van der Waals surface area contributed by atoms with Crippen molar-refractivity contribution in [3.8, 4) is 11.9 Å². The molecular weight excluding hydrogens is 437 g/mol. The Labute approximate surface area is 177 Å². The molecule has 0 radical (unpaired) electrons. The lowest BCUT2D eigenvalue weighted by Crippen LogP contribution is -2.47. The highest BCUT2D eigenvalue weighted by molar-refractivity contribution is 5.94. The molecule has 0 aliphatic carbocycles. The second-order valence-corrected chi connectivity index (χ2v) is 6.57. The number of halogens is 5. The zero-order chi connectivity index (χ0) is 23.5. The summed E-state index contributed by atoms with van der Waals surface area (Å²) in [6.45, 7) is 1.53. The maximum atomic E-state index is 14.2. The van der Waals surface area contributed by atoms with E-state index in [1.807, 2.05) is 6.07 Å². The first-order chi connectivity index (χ1) is 15.1. The van der Waals surface area contributed by atoms with Gasteiger partial charge in [-0.2, -0.15) is 28.2 Å². The topological polar surface area (TPSA) is 109 Å². The number of hydrogen-bond donors (Lipinski definition) is 2. The number of alkyl halides is 4. The first kappa shape index (κ1) is 22.8. The van der Waals surface area contributed by atoms with E-state index in [-0.39, 0.29) is 16.9 Å². The third kappa shape index (κ3) is 4.26. The number of aromatic nitrogens is 4. The number of hydrogen-bond acceptors (Lipinski definition) is 6. The highest BCUT2D eigenvalue weighted by Gasteiger charge is 2.58. The summed E-state index contributed by atoms with van der Waals surface area (Å²) in [4.78, 5) is 20.7. The molecule has 0 spiro atoms. The normalized spacial score (nSPS) is 14.3. The van der Waals surface area contributed by atoms with Crippen molar-refractivity contribution in [2.45, 2.75) is 24.9 Å². The smallest absolute Gasteiger partial charge is 0.342 e. The van der Waals surface area contributed by atoms with Crippen LogP contribution in [0.4, 0.5) is 22.0 Å². The van der Waals surface area contributed by atoms with Crippen molar-refractivity contribution < 1.29 is 26.8 Å². The van der Waals surface area contributed by atoms with E-state index in [2.05, 4.69) is 20.4 Å². The molecule has 3 rings (SSSR count). The monoisotopic (exact) mass is 451 g/mol. The summed E-state index contributed by atoms with van der Waals surface area (Å²) in [6, 6.07) is 7.57. The highest BCUT2D eigenvalue weighted by Crippen LogP contribution is 2.40. The maximum Gasteiger partial charge on any atom is 0.443 e. The molecule has 13 heteroatoms. The van der Waals surface area contributed by atoms with Crippen LogP contribution in [0.25, 0.3) is 5.82 Å². The Bertz CT molecular complexity index is 1160. The molecule has 2 aromatic heterocycles. The van der Waals surface area contributed by atoms with Crippen LogP contribution < -0.4 is 10.9 Å². The lowest BCUT2D eigenvalue weighted by molar-refractivity contribution is -0.264. The van der Waals surface area contributed by atoms with Crippen LogP contribution in [0.1, 0.15) is 40.3 Å². The van der Waals surface area contributed by atoms with Crippen LogP contribution in [-0.4, -0.2) is 31.8 Å². The Kier molecular flexibility index (Phi) is 6.17. The van der Waals surface area contributed by atoms with Gasteiger partial charge in [0.05, 0.1) is 11.6 Å². The molecule has 2 atom stereocenters. The molecule has 3 aromatic rings. The first-order valence-corrected chi connectivity index (χ1v) is 8.92. The molecule has 0 aliphatic rings. The summed E-state index contributed by atoms with van der Waals surface area (Å²) in [6.07, 6.45) is -3.08. The number of amides is 1. The molecule has 166 valence electrons. The van der Waals surface area contributed by atoms with E-state index in [9.17, 15) is 26.8 Å². The fraction of sp³-hybridized carbons (Fsp3) is 0.211. The molecule has 0 bridgehead atoms. The summed E-state index contributed by atoms with van der Waals surface area (Å²) < 4.78 is 67.1. The first-order valence-electron chi connectivity index (χ1n) is 8.92. The van der Waals surface area contributed by atoms with Gasteiger partial charge in [-0.3, -0.25) is 4.79 Å². The quantitative estimate of drug-likeness (QED) is 0.339. The number of pyridine rings is 1. The number of benzene rings is 1. The van der Waals surface area contributed by atoms with Crippen molar-refractivity contribution in [3.05, 3.63) is 71.4 Å². The fourth-order valence-electron chi connectivity index (χ4n) is 2.79. The molecular formula is C19H14F5N7O. The van der Waals surface area contributed by atoms with Crippen molar-refractivity contribution in [3.63, 3.8) is 0 Å². The lowest BCUT2D eigenvalue weighted by Gasteiger charge is -2.25. The van der Waals surface area contributed by atoms with Crippen molar-refractivity contribution in [2.24, 2.45) is 0 Å². The SMILES string of the molecule is CC(NC(=O)c1cccc(C(F)(NF)C(F)(F)F)c1)c1ncnn1-c1ccc(C#N)cn1. The molecule has 32 heavy (non-hydrogen) atoms. The minimum absolute atomic E-state index is 0.126. The summed E-state index contributed by atoms with van der Waals surface area (Å²) in [5.74, 6) is -4.80. The van der Waals surface area contributed by atoms with Crippen LogP contribution in [-0.2, 0) is 5.79 Å². The van der Waals surface area contributed by atoms with Crippen LogP contribution in [0, 0.1) is 11.3 Å². The van der Waals surface area contributed by atoms with Gasteiger partial charge >= 0.3 is 12.0 Å².